The Hall–Kier alpha value is -1.26. The van der Waals surface area contributed by atoms with Crippen molar-refractivity contribution >= 4 is 28.9 Å². The summed E-state index contributed by atoms with van der Waals surface area (Å²) >= 11 is 6.06. The molecular formula is C16H24ClN3O. The van der Waals surface area contributed by atoms with Gasteiger partial charge in [0.15, 0.2) is 0 Å². The Morgan fingerprint density at radius 1 is 1.33 bits per heavy atom. The van der Waals surface area contributed by atoms with Gasteiger partial charge in [0.25, 0.3) is 0 Å². The van der Waals surface area contributed by atoms with Gasteiger partial charge in [-0.1, -0.05) is 30.9 Å². The second-order valence-electron chi connectivity index (χ2n) is 6.06. The molecule has 0 saturated heterocycles. The van der Waals surface area contributed by atoms with E-state index in [0.717, 1.165) is 37.1 Å². The third-order valence-corrected chi connectivity index (χ3v) is 4.61. The Morgan fingerprint density at radius 3 is 2.57 bits per heavy atom. The highest BCUT2D eigenvalue weighted by Gasteiger charge is 2.38. The standard InChI is InChI=1S/C16H24ClN3O/c1-20(2)14-7-6-12(17)10-13(14)19-15(21)16(11-18)8-4-3-5-9-16/h6-7,10H,3-5,8-9,11,18H2,1-2H3,(H,19,21). The maximum absolute atomic E-state index is 12.8. The van der Waals surface area contributed by atoms with Gasteiger partial charge in [0.1, 0.15) is 0 Å². The molecule has 116 valence electrons. The van der Waals surface area contributed by atoms with E-state index < -0.39 is 5.41 Å². The van der Waals surface area contributed by atoms with E-state index in [9.17, 15) is 4.79 Å². The zero-order valence-electron chi connectivity index (χ0n) is 12.8. The SMILES string of the molecule is CN(C)c1ccc(Cl)cc1NC(=O)C1(CN)CCCCC1. The summed E-state index contributed by atoms with van der Waals surface area (Å²) in [5, 5.41) is 3.66. The minimum absolute atomic E-state index is 0.0232. The van der Waals surface area contributed by atoms with E-state index in [1.165, 1.54) is 6.42 Å². The summed E-state index contributed by atoms with van der Waals surface area (Å²) < 4.78 is 0. The zero-order chi connectivity index (χ0) is 15.5. The molecule has 0 bridgehead atoms. The van der Waals surface area contributed by atoms with Crippen molar-refractivity contribution in [1.82, 2.24) is 0 Å². The number of nitrogens with two attached hydrogens (primary N) is 1. The van der Waals surface area contributed by atoms with Crippen LogP contribution in [0.3, 0.4) is 0 Å². The first-order chi connectivity index (χ1) is 9.98. The van der Waals surface area contributed by atoms with Crippen LogP contribution in [-0.2, 0) is 4.79 Å². The Labute approximate surface area is 131 Å². The van der Waals surface area contributed by atoms with Crippen LogP contribution in [0.1, 0.15) is 32.1 Å². The van der Waals surface area contributed by atoms with Crippen molar-refractivity contribution in [2.24, 2.45) is 11.1 Å². The van der Waals surface area contributed by atoms with E-state index in [-0.39, 0.29) is 5.91 Å². The van der Waals surface area contributed by atoms with E-state index in [1.807, 2.05) is 31.1 Å². The molecule has 0 spiro atoms. The van der Waals surface area contributed by atoms with Crippen LogP contribution >= 0.6 is 11.6 Å². The molecule has 1 aliphatic rings. The number of nitrogens with one attached hydrogen (secondary N) is 1. The van der Waals surface area contributed by atoms with Crippen LogP contribution in [0.4, 0.5) is 11.4 Å². The number of carbonyl (C=O) groups excluding carboxylic acids is 1. The second kappa shape index (κ2) is 6.67. The largest absolute Gasteiger partial charge is 0.376 e. The molecule has 1 saturated carbocycles. The highest BCUT2D eigenvalue weighted by molar-refractivity contribution is 6.31. The summed E-state index contributed by atoms with van der Waals surface area (Å²) in [5.41, 5.74) is 7.18. The Morgan fingerprint density at radius 2 is 2.00 bits per heavy atom. The maximum atomic E-state index is 12.8. The van der Waals surface area contributed by atoms with Crippen LogP contribution < -0.4 is 16.0 Å². The van der Waals surface area contributed by atoms with Gasteiger partial charge in [0, 0.05) is 25.7 Å². The quantitative estimate of drug-likeness (QED) is 0.897. The van der Waals surface area contributed by atoms with Crippen LogP contribution in [0, 0.1) is 5.41 Å². The van der Waals surface area contributed by atoms with Gasteiger partial charge in [0.05, 0.1) is 16.8 Å². The molecule has 1 aromatic carbocycles. The number of anilines is 2. The highest BCUT2D eigenvalue weighted by atomic mass is 35.5. The van der Waals surface area contributed by atoms with Gasteiger partial charge < -0.3 is 16.0 Å². The van der Waals surface area contributed by atoms with Crippen LogP contribution in [0.5, 0.6) is 0 Å². The summed E-state index contributed by atoms with van der Waals surface area (Å²) in [6, 6.07) is 5.53. The van der Waals surface area contributed by atoms with Gasteiger partial charge in [-0.2, -0.15) is 0 Å². The number of hydrogen-bond acceptors (Lipinski definition) is 3. The van der Waals surface area contributed by atoms with Crippen LogP contribution in [0.2, 0.25) is 5.02 Å². The molecule has 5 heteroatoms. The topological polar surface area (TPSA) is 58.4 Å². The molecule has 4 nitrogen and oxygen atoms in total. The predicted molar refractivity (Wildman–Crippen MR) is 89.0 cm³/mol. The molecule has 3 N–H and O–H groups in total. The number of hydrogen-bond donors (Lipinski definition) is 2. The molecule has 0 heterocycles. The number of carbonyl (C=O) groups is 1. The molecule has 0 aliphatic heterocycles. The summed E-state index contributed by atoms with van der Waals surface area (Å²) in [6.07, 6.45) is 5.07. The van der Waals surface area contributed by atoms with Crippen LogP contribution in [0.25, 0.3) is 0 Å². The normalized spacial score (nSPS) is 17.3. The smallest absolute Gasteiger partial charge is 0.231 e. The van der Waals surface area contributed by atoms with Crippen LogP contribution in [-0.4, -0.2) is 26.5 Å². The number of benzene rings is 1. The van der Waals surface area contributed by atoms with E-state index in [1.54, 1.807) is 6.07 Å². The molecule has 1 aromatic rings. The van der Waals surface area contributed by atoms with Gasteiger partial charge in [-0.05, 0) is 31.0 Å². The van der Waals surface area contributed by atoms with Crippen molar-refractivity contribution in [3.05, 3.63) is 23.2 Å². The first kappa shape index (κ1) is 16.1. The highest BCUT2D eigenvalue weighted by Crippen LogP contribution is 2.37. The molecule has 1 aliphatic carbocycles. The third-order valence-electron chi connectivity index (χ3n) is 4.37. The fourth-order valence-corrected chi connectivity index (χ4v) is 3.18. The lowest BCUT2D eigenvalue weighted by Crippen LogP contribution is -2.44. The number of nitrogens with zero attached hydrogens (tertiary/aromatic N) is 1. The fraction of sp³-hybridized carbons (Fsp3) is 0.562. The molecule has 21 heavy (non-hydrogen) atoms. The second-order valence-corrected chi connectivity index (χ2v) is 6.49. The van der Waals surface area contributed by atoms with Gasteiger partial charge in [0.2, 0.25) is 5.91 Å². The van der Waals surface area contributed by atoms with Crippen molar-refractivity contribution in [2.45, 2.75) is 32.1 Å². The van der Waals surface area contributed by atoms with E-state index >= 15 is 0 Å². The Balaban J connectivity index is 2.24. The summed E-state index contributed by atoms with van der Waals surface area (Å²) in [7, 11) is 3.89. The molecule has 0 unspecified atom stereocenters. The van der Waals surface area contributed by atoms with Crippen LogP contribution in [0.15, 0.2) is 18.2 Å². The molecule has 0 radical (unpaired) electrons. The lowest BCUT2D eigenvalue weighted by molar-refractivity contribution is -0.126. The first-order valence-electron chi connectivity index (χ1n) is 7.47. The van der Waals surface area contributed by atoms with Crippen molar-refractivity contribution in [2.75, 3.05) is 30.9 Å². The number of rotatable bonds is 4. The first-order valence-corrected chi connectivity index (χ1v) is 7.85. The van der Waals surface area contributed by atoms with E-state index in [4.69, 9.17) is 17.3 Å². The average molecular weight is 310 g/mol. The summed E-state index contributed by atoms with van der Waals surface area (Å²) in [4.78, 5) is 14.7. The van der Waals surface area contributed by atoms with Gasteiger partial charge >= 0.3 is 0 Å². The molecule has 0 aromatic heterocycles. The summed E-state index contributed by atoms with van der Waals surface area (Å²) in [6.45, 7) is 0.400. The lowest BCUT2D eigenvalue weighted by Gasteiger charge is -2.35. The van der Waals surface area contributed by atoms with E-state index in [0.29, 0.717) is 11.6 Å². The zero-order valence-corrected chi connectivity index (χ0v) is 13.5. The number of amides is 1. The van der Waals surface area contributed by atoms with Crippen molar-refractivity contribution in [3.8, 4) is 0 Å². The van der Waals surface area contributed by atoms with Crippen molar-refractivity contribution in [1.29, 1.82) is 0 Å². The average Bonchev–Trinajstić information content (AvgIpc) is 2.47. The monoisotopic (exact) mass is 309 g/mol. The fourth-order valence-electron chi connectivity index (χ4n) is 3.01. The predicted octanol–water partition coefficient (Wildman–Crippen LogP) is 3.25. The third kappa shape index (κ3) is 3.50. The minimum Gasteiger partial charge on any atom is -0.376 e. The molecule has 2 rings (SSSR count). The van der Waals surface area contributed by atoms with Crippen molar-refractivity contribution < 1.29 is 4.79 Å². The van der Waals surface area contributed by atoms with Gasteiger partial charge in [-0.25, -0.2) is 0 Å². The Kier molecular flexibility index (Phi) is 5.12. The maximum Gasteiger partial charge on any atom is 0.231 e. The van der Waals surface area contributed by atoms with Gasteiger partial charge in [-0.15, -0.1) is 0 Å². The van der Waals surface area contributed by atoms with Crippen molar-refractivity contribution in [3.63, 3.8) is 0 Å². The molecule has 1 amide bonds. The molecule has 1 fully saturated rings. The number of halogens is 1. The van der Waals surface area contributed by atoms with E-state index in [2.05, 4.69) is 5.32 Å². The molecular weight excluding hydrogens is 286 g/mol. The van der Waals surface area contributed by atoms with Gasteiger partial charge in [-0.3, -0.25) is 4.79 Å². The Bertz CT molecular complexity index is 510. The summed E-state index contributed by atoms with van der Waals surface area (Å²) in [5.74, 6) is 0.0232. The minimum atomic E-state index is -0.426. The lowest BCUT2D eigenvalue weighted by atomic mass is 9.73. The molecule has 0 atom stereocenters.